The van der Waals surface area contributed by atoms with Crippen molar-refractivity contribution in [3.05, 3.63) is 71.9 Å². The Morgan fingerprint density at radius 2 is 2.09 bits per heavy atom. The first-order chi connectivity index (χ1) is 10.8. The van der Waals surface area contributed by atoms with Crippen LogP contribution in [0.3, 0.4) is 0 Å². The molecule has 0 saturated heterocycles. The van der Waals surface area contributed by atoms with E-state index in [0.29, 0.717) is 17.9 Å². The van der Waals surface area contributed by atoms with Crippen LogP contribution in [-0.2, 0) is 6.54 Å². The van der Waals surface area contributed by atoms with Crippen molar-refractivity contribution in [3.8, 4) is 5.82 Å². The third kappa shape index (κ3) is 2.85. The van der Waals surface area contributed by atoms with Crippen molar-refractivity contribution in [2.75, 3.05) is 0 Å². The fourth-order valence-corrected chi connectivity index (χ4v) is 2.12. The van der Waals surface area contributed by atoms with Gasteiger partial charge in [-0.25, -0.2) is 9.67 Å². The predicted octanol–water partition coefficient (Wildman–Crippen LogP) is 1.90. The summed E-state index contributed by atoms with van der Waals surface area (Å²) in [6.07, 6.45) is 6.68. The molecule has 0 radical (unpaired) electrons. The van der Waals surface area contributed by atoms with Crippen LogP contribution in [-0.4, -0.2) is 25.7 Å². The molecule has 0 bridgehead atoms. The first-order valence-corrected chi connectivity index (χ1v) is 6.89. The van der Waals surface area contributed by atoms with Gasteiger partial charge in [0.1, 0.15) is 0 Å². The topological polar surface area (TPSA) is 72.7 Å². The maximum Gasteiger partial charge on any atom is 0.255 e. The molecule has 6 heteroatoms. The first kappa shape index (κ1) is 13.9. The molecule has 0 spiro atoms. The van der Waals surface area contributed by atoms with Crippen molar-refractivity contribution in [3.63, 3.8) is 0 Å². The summed E-state index contributed by atoms with van der Waals surface area (Å²) in [7, 11) is 0. The number of rotatable bonds is 4. The second-order valence-electron chi connectivity index (χ2n) is 4.79. The predicted molar refractivity (Wildman–Crippen MR) is 81.5 cm³/mol. The van der Waals surface area contributed by atoms with E-state index in [9.17, 15) is 4.79 Å². The normalized spacial score (nSPS) is 10.4. The van der Waals surface area contributed by atoms with Crippen molar-refractivity contribution in [2.45, 2.75) is 13.5 Å². The summed E-state index contributed by atoms with van der Waals surface area (Å²) in [4.78, 5) is 20.5. The lowest BCUT2D eigenvalue weighted by molar-refractivity contribution is 0.0950. The molecule has 1 N–H and O–H groups in total. The number of aromatic nitrogens is 4. The lowest BCUT2D eigenvalue weighted by Crippen LogP contribution is -2.23. The van der Waals surface area contributed by atoms with Gasteiger partial charge in [-0.05, 0) is 30.7 Å². The van der Waals surface area contributed by atoms with Crippen LogP contribution in [0.25, 0.3) is 5.82 Å². The van der Waals surface area contributed by atoms with Crippen molar-refractivity contribution < 1.29 is 4.79 Å². The van der Waals surface area contributed by atoms with Crippen LogP contribution in [0, 0.1) is 6.92 Å². The Hall–Kier alpha value is -3.02. The van der Waals surface area contributed by atoms with Crippen LogP contribution >= 0.6 is 0 Å². The Morgan fingerprint density at radius 1 is 1.18 bits per heavy atom. The SMILES string of the molecule is Cc1c(C(=O)NCc2cccnc2)cnn1-c1ccccn1. The molecule has 3 aromatic rings. The van der Waals surface area contributed by atoms with Crippen molar-refractivity contribution >= 4 is 5.91 Å². The summed E-state index contributed by atoms with van der Waals surface area (Å²) in [5.41, 5.74) is 2.24. The number of hydrogen-bond acceptors (Lipinski definition) is 4. The van der Waals surface area contributed by atoms with Crippen LogP contribution in [0.5, 0.6) is 0 Å². The molecular formula is C16H15N5O. The van der Waals surface area contributed by atoms with Gasteiger partial charge in [0.25, 0.3) is 5.91 Å². The highest BCUT2D eigenvalue weighted by atomic mass is 16.1. The molecule has 22 heavy (non-hydrogen) atoms. The Kier molecular flexibility index (Phi) is 3.91. The number of nitrogens with one attached hydrogen (secondary N) is 1. The fourth-order valence-electron chi connectivity index (χ4n) is 2.12. The molecule has 0 fully saturated rings. The third-order valence-electron chi connectivity index (χ3n) is 3.30. The second-order valence-corrected chi connectivity index (χ2v) is 4.79. The Bertz CT molecular complexity index is 768. The van der Waals surface area contributed by atoms with E-state index >= 15 is 0 Å². The molecule has 1 amide bonds. The highest BCUT2D eigenvalue weighted by molar-refractivity contribution is 5.95. The van der Waals surface area contributed by atoms with E-state index in [1.807, 2.05) is 37.3 Å². The van der Waals surface area contributed by atoms with E-state index in [0.717, 1.165) is 11.3 Å². The summed E-state index contributed by atoms with van der Waals surface area (Å²) in [5, 5.41) is 7.11. The van der Waals surface area contributed by atoms with E-state index in [-0.39, 0.29) is 5.91 Å². The zero-order valence-corrected chi connectivity index (χ0v) is 12.1. The van der Waals surface area contributed by atoms with Gasteiger partial charge >= 0.3 is 0 Å². The summed E-state index contributed by atoms with van der Waals surface area (Å²) in [6.45, 7) is 2.28. The largest absolute Gasteiger partial charge is 0.348 e. The number of carbonyl (C=O) groups is 1. The number of pyridine rings is 2. The lowest BCUT2D eigenvalue weighted by Gasteiger charge is -2.06. The van der Waals surface area contributed by atoms with Gasteiger partial charge in [-0.2, -0.15) is 5.10 Å². The number of carbonyl (C=O) groups excluding carboxylic acids is 1. The molecule has 0 aliphatic carbocycles. The summed E-state index contributed by atoms with van der Waals surface area (Å²) in [6, 6.07) is 9.32. The zero-order valence-electron chi connectivity index (χ0n) is 12.1. The molecule has 3 heterocycles. The van der Waals surface area contributed by atoms with Gasteiger partial charge < -0.3 is 5.32 Å². The van der Waals surface area contributed by atoms with E-state index in [2.05, 4.69) is 20.4 Å². The smallest absolute Gasteiger partial charge is 0.255 e. The Balaban J connectivity index is 1.75. The van der Waals surface area contributed by atoms with Crippen molar-refractivity contribution in [1.82, 2.24) is 25.1 Å². The summed E-state index contributed by atoms with van der Waals surface area (Å²) >= 11 is 0. The Labute approximate surface area is 127 Å². The average Bonchev–Trinajstić information content (AvgIpc) is 2.96. The highest BCUT2D eigenvalue weighted by Crippen LogP contribution is 2.12. The fraction of sp³-hybridized carbons (Fsp3) is 0.125. The molecule has 6 nitrogen and oxygen atoms in total. The highest BCUT2D eigenvalue weighted by Gasteiger charge is 2.15. The lowest BCUT2D eigenvalue weighted by atomic mass is 10.2. The minimum Gasteiger partial charge on any atom is -0.348 e. The van der Waals surface area contributed by atoms with Crippen molar-refractivity contribution in [1.29, 1.82) is 0 Å². The molecule has 0 aliphatic rings. The average molecular weight is 293 g/mol. The van der Waals surface area contributed by atoms with Gasteiger partial charge in [-0.15, -0.1) is 0 Å². The maximum absolute atomic E-state index is 12.3. The van der Waals surface area contributed by atoms with Gasteiger partial charge in [-0.3, -0.25) is 9.78 Å². The van der Waals surface area contributed by atoms with E-state index < -0.39 is 0 Å². The maximum atomic E-state index is 12.3. The van der Waals surface area contributed by atoms with Crippen LogP contribution in [0.1, 0.15) is 21.6 Å². The molecule has 0 atom stereocenters. The summed E-state index contributed by atoms with van der Waals surface area (Å²) < 4.78 is 1.65. The van der Waals surface area contributed by atoms with Crippen LogP contribution < -0.4 is 5.32 Å². The molecule has 0 saturated carbocycles. The van der Waals surface area contributed by atoms with Gasteiger partial charge in [0, 0.05) is 25.1 Å². The quantitative estimate of drug-likeness (QED) is 0.797. The number of hydrogen-bond donors (Lipinski definition) is 1. The third-order valence-corrected chi connectivity index (χ3v) is 3.30. The zero-order chi connectivity index (χ0) is 15.4. The molecular weight excluding hydrogens is 278 g/mol. The monoisotopic (exact) mass is 293 g/mol. The number of nitrogens with zero attached hydrogens (tertiary/aromatic N) is 4. The molecule has 0 aliphatic heterocycles. The van der Waals surface area contributed by atoms with E-state index in [1.54, 1.807) is 29.5 Å². The van der Waals surface area contributed by atoms with Crippen molar-refractivity contribution in [2.24, 2.45) is 0 Å². The van der Waals surface area contributed by atoms with Crippen LogP contribution in [0.4, 0.5) is 0 Å². The standard InChI is InChI=1S/C16H15N5O/c1-12-14(11-20-21(12)15-6-2-3-8-18-15)16(22)19-10-13-5-4-7-17-9-13/h2-9,11H,10H2,1H3,(H,19,22). The van der Waals surface area contributed by atoms with Gasteiger partial charge in [0.05, 0.1) is 17.5 Å². The molecule has 3 aromatic heterocycles. The minimum absolute atomic E-state index is 0.163. The first-order valence-electron chi connectivity index (χ1n) is 6.89. The van der Waals surface area contributed by atoms with Crippen LogP contribution in [0.2, 0.25) is 0 Å². The van der Waals surface area contributed by atoms with Gasteiger partial charge in [-0.1, -0.05) is 12.1 Å². The molecule has 0 unspecified atom stereocenters. The molecule has 0 aromatic carbocycles. The second kappa shape index (κ2) is 6.17. The van der Waals surface area contributed by atoms with E-state index in [1.165, 1.54) is 0 Å². The van der Waals surface area contributed by atoms with Gasteiger partial charge in [0.15, 0.2) is 5.82 Å². The minimum atomic E-state index is -0.163. The summed E-state index contributed by atoms with van der Waals surface area (Å²) in [5.74, 6) is 0.523. The van der Waals surface area contributed by atoms with Crippen LogP contribution in [0.15, 0.2) is 55.1 Å². The molecule has 110 valence electrons. The number of amides is 1. The Morgan fingerprint density at radius 3 is 2.82 bits per heavy atom. The van der Waals surface area contributed by atoms with Gasteiger partial charge in [0.2, 0.25) is 0 Å². The van der Waals surface area contributed by atoms with E-state index in [4.69, 9.17) is 0 Å². The molecule has 3 rings (SSSR count).